The van der Waals surface area contributed by atoms with Crippen LogP contribution >= 0.6 is 0 Å². The number of aromatic nitrogens is 2. The van der Waals surface area contributed by atoms with E-state index in [1.54, 1.807) is 31.3 Å². The fourth-order valence-electron chi connectivity index (χ4n) is 2.98. The minimum absolute atomic E-state index is 0.0479. The summed E-state index contributed by atoms with van der Waals surface area (Å²) >= 11 is 0. The van der Waals surface area contributed by atoms with Gasteiger partial charge in [-0.2, -0.15) is 18.2 Å². The number of aliphatic imine (C=N–C) groups is 1. The second-order valence-electron chi connectivity index (χ2n) is 5.83. The molecule has 1 aliphatic heterocycles. The summed E-state index contributed by atoms with van der Waals surface area (Å²) in [6, 6.07) is 8.58. The molecule has 0 saturated carbocycles. The van der Waals surface area contributed by atoms with Gasteiger partial charge in [0.15, 0.2) is 5.82 Å². The van der Waals surface area contributed by atoms with Gasteiger partial charge in [0.05, 0.1) is 16.8 Å². The molecule has 1 aromatic carbocycles. The van der Waals surface area contributed by atoms with E-state index in [0.29, 0.717) is 5.82 Å². The third kappa shape index (κ3) is 2.54. The van der Waals surface area contributed by atoms with Crippen LogP contribution in [0.1, 0.15) is 29.8 Å². The summed E-state index contributed by atoms with van der Waals surface area (Å²) in [6.07, 6.45) is -3.67. The number of para-hydroxylation sites is 1. The predicted octanol–water partition coefficient (Wildman–Crippen LogP) is 4.11. The van der Waals surface area contributed by atoms with Crippen LogP contribution in [-0.2, 0) is 10.9 Å². The fraction of sp³-hybridized carbons (Fsp3) is 0.167. The van der Waals surface area contributed by atoms with Crippen molar-refractivity contribution in [2.75, 3.05) is 0 Å². The fourth-order valence-corrected chi connectivity index (χ4v) is 2.98. The smallest absolute Gasteiger partial charge is 0.418 e. The van der Waals surface area contributed by atoms with Crippen molar-refractivity contribution in [2.45, 2.75) is 19.2 Å². The first-order valence-corrected chi connectivity index (χ1v) is 7.79. The van der Waals surface area contributed by atoms with E-state index in [-0.39, 0.29) is 28.1 Å². The molecule has 0 amide bonds. The minimum atomic E-state index is -4.58. The number of halogens is 3. The molecule has 1 atom stereocenters. The minimum Gasteiger partial charge on any atom is -0.468 e. The molecule has 3 aromatic rings. The van der Waals surface area contributed by atoms with E-state index in [1.165, 1.54) is 12.1 Å². The molecule has 1 N–H and O–H groups in total. The first-order chi connectivity index (χ1) is 12.4. The average molecular weight is 359 g/mol. The summed E-state index contributed by atoms with van der Waals surface area (Å²) in [5.41, 5.74) is -1.29. The van der Waals surface area contributed by atoms with Crippen molar-refractivity contribution in [3.63, 3.8) is 0 Å². The zero-order chi connectivity index (χ0) is 18.5. The quantitative estimate of drug-likeness (QED) is 0.711. The van der Waals surface area contributed by atoms with Gasteiger partial charge in [-0.15, -0.1) is 0 Å². The molecule has 0 saturated heterocycles. The summed E-state index contributed by atoms with van der Waals surface area (Å²) in [5.74, 6) is 0.387. The number of hydrogen-bond acceptors (Lipinski definition) is 4. The molecule has 5 nitrogen and oxygen atoms in total. The Balaban J connectivity index is 2.00. The van der Waals surface area contributed by atoms with Crippen molar-refractivity contribution in [1.82, 2.24) is 9.97 Å². The van der Waals surface area contributed by atoms with Gasteiger partial charge in [-0.3, -0.25) is 4.79 Å². The first-order valence-electron chi connectivity index (χ1n) is 7.79. The lowest BCUT2D eigenvalue weighted by Gasteiger charge is -2.11. The summed E-state index contributed by atoms with van der Waals surface area (Å²) in [6.45, 7) is 1.64. The summed E-state index contributed by atoms with van der Waals surface area (Å²) in [7, 11) is 0. The highest BCUT2D eigenvalue weighted by molar-refractivity contribution is 6.02. The SMILES string of the molecule is CC1O/C(=N/c2ccccn2)c2c1[nH]c1c(C(F)(F)F)cccc1c2=O. The Kier molecular flexibility index (Phi) is 3.57. The highest BCUT2D eigenvalue weighted by Gasteiger charge is 2.36. The monoisotopic (exact) mass is 359 g/mol. The van der Waals surface area contributed by atoms with Crippen LogP contribution in [0.3, 0.4) is 0 Å². The largest absolute Gasteiger partial charge is 0.468 e. The van der Waals surface area contributed by atoms with Gasteiger partial charge < -0.3 is 9.72 Å². The van der Waals surface area contributed by atoms with Crippen LogP contribution in [0.4, 0.5) is 19.0 Å². The van der Waals surface area contributed by atoms with Crippen LogP contribution in [0.5, 0.6) is 0 Å². The highest BCUT2D eigenvalue weighted by Crippen LogP contribution is 2.36. The van der Waals surface area contributed by atoms with Crippen molar-refractivity contribution in [1.29, 1.82) is 0 Å². The Labute approximate surface area is 145 Å². The summed E-state index contributed by atoms with van der Waals surface area (Å²) in [4.78, 5) is 23.9. The molecule has 26 heavy (non-hydrogen) atoms. The van der Waals surface area contributed by atoms with Crippen LogP contribution in [0.15, 0.2) is 52.4 Å². The lowest BCUT2D eigenvalue weighted by Crippen LogP contribution is -2.17. The summed E-state index contributed by atoms with van der Waals surface area (Å²) < 4.78 is 45.4. The number of pyridine rings is 2. The van der Waals surface area contributed by atoms with Crippen molar-refractivity contribution < 1.29 is 17.9 Å². The van der Waals surface area contributed by atoms with E-state index in [9.17, 15) is 18.0 Å². The van der Waals surface area contributed by atoms with E-state index in [4.69, 9.17) is 4.74 Å². The number of nitrogens with zero attached hydrogens (tertiary/aromatic N) is 2. The van der Waals surface area contributed by atoms with Crippen molar-refractivity contribution in [3.8, 4) is 0 Å². The van der Waals surface area contributed by atoms with Crippen LogP contribution < -0.4 is 5.43 Å². The second-order valence-corrected chi connectivity index (χ2v) is 5.83. The maximum atomic E-state index is 13.3. The van der Waals surface area contributed by atoms with E-state index in [0.717, 1.165) is 6.07 Å². The predicted molar refractivity (Wildman–Crippen MR) is 89.5 cm³/mol. The van der Waals surface area contributed by atoms with Gasteiger partial charge in [-0.25, -0.2) is 4.98 Å². The molecule has 0 aliphatic carbocycles. The third-order valence-corrected chi connectivity index (χ3v) is 4.14. The standard InChI is InChI=1S/C18H12F3N3O2/c1-9-14-13(17(26-9)23-12-7-2-3-8-22-12)16(25)10-5-4-6-11(15(10)24-14)18(19,20)21/h2-9H,1H3,(H,24,25)/b23-17+. The van der Waals surface area contributed by atoms with Gasteiger partial charge in [0.25, 0.3) is 0 Å². The van der Waals surface area contributed by atoms with Gasteiger partial charge in [-0.05, 0) is 31.2 Å². The lowest BCUT2D eigenvalue weighted by molar-refractivity contribution is -0.136. The Hall–Kier alpha value is -3.16. The molecule has 132 valence electrons. The van der Waals surface area contributed by atoms with Crippen molar-refractivity contribution in [2.24, 2.45) is 4.99 Å². The first kappa shape index (κ1) is 16.3. The molecule has 0 radical (unpaired) electrons. The number of H-pyrrole nitrogens is 1. The molecule has 2 aromatic heterocycles. The van der Waals surface area contributed by atoms with Gasteiger partial charge in [0, 0.05) is 11.6 Å². The van der Waals surface area contributed by atoms with Crippen LogP contribution in [0.2, 0.25) is 0 Å². The van der Waals surface area contributed by atoms with Gasteiger partial charge in [-0.1, -0.05) is 12.1 Å². The van der Waals surface area contributed by atoms with Gasteiger partial charge in [0.2, 0.25) is 11.3 Å². The lowest BCUT2D eigenvalue weighted by atomic mass is 10.0. The number of fused-ring (bicyclic) bond motifs is 2. The molecule has 0 spiro atoms. The van der Waals surface area contributed by atoms with Crippen molar-refractivity contribution >= 4 is 22.6 Å². The number of benzene rings is 1. The topological polar surface area (TPSA) is 67.3 Å². The van der Waals surface area contributed by atoms with E-state index < -0.39 is 23.3 Å². The number of nitrogens with one attached hydrogen (secondary N) is 1. The Morgan fingerprint density at radius 1 is 1.19 bits per heavy atom. The zero-order valence-corrected chi connectivity index (χ0v) is 13.5. The van der Waals surface area contributed by atoms with Gasteiger partial charge >= 0.3 is 6.18 Å². The third-order valence-electron chi connectivity index (χ3n) is 4.14. The highest BCUT2D eigenvalue weighted by atomic mass is 19.4. The van der Waals surface area contributed by atoms with Gasteiger partial charge in [0.1, 0.15) is 11.7 Å². The van der Waals surface area contributed by atoms with E-state index in [1.807, 2.05) is 0 Å². The molecular formula is C18H12F3N3O2. The average Bonchev–Trinajstić information content (AvgIpc) is 2.90. The van der Waals surface area contributed by atoms with E-state index >= 15 is 0 Å². The number of ether oxygens (including phenoxy) is 1. The molecule has 1 unspecified atom stereocenters. The maximum absolute atomic E-state index is 13.3. The Morgan fingerprint density at radius 3 is 2.69 bits per heavy atom. The number of aromatic amines is 1. The Bertz CT molecular complexity index is 1090. The molecule has 0 fully saturated rings. The van der Waals surface area contributed by atoms with Crippen LogP contribution in [0.25, 0.3) is 10.9 Å². The normalized spacial score (nSPS) is 18.2. The zero-order valence-electron chi connectivity index (χ0n) is 13.5. The number of rotatable bonds is 1. The van der Waals surface area contributed by atoms with Crippen molar-refractivity contribution in [3.05, 3.63) is 69.6 Å². The number of hydrogen-bond donors (Lipinski definition) is 1. The maximum Gasteiger partial charge on any atom is 0.418 e. The number of alkyl halides is 3. The molecule has 8 heteroatoms. The molecule has 4 rings (SSSR count). The van der Waals surface area contributed by atoms with Crippen LogP contribution in [-0.4, -0.2) is 15.9 Å². The molecular weight excluding hydrogens is 347 g/mol. The Morgan fingerprint density at radius 2 is 2.00 bits per heavy atom. The van der Waals surface area contributed by atoms with E-state index in [2.05, 4.69) is 15.0 Å². The van der Waals surface area contributed by atoms with Crippen LogP contribution in [0, 0.1) is 0 Å². The molecule has 3 heterocycles. The molecule has 1 aliphatic rings. The summed E-state index contributed by atoms with van der Waals surface area (Å²) in [5, 5.41) is -0.0648. The second kappa shape index (κ2) is 5.69. The molecule has 0 bridgehead atoms.